The maximum atomic E-state index is 5.80. The van der Waals surface area contributed by atoms with Crippen molar-refractivity contribution in [3.63, 3.8) is 0 Å². The first-order valence-corrected chi connectivity index (χ1v) is 5.25. The average Bonchev–Trinajstić information content (AvgIpc) is 2.65. The monoisotopic (exact) mass is 191 g/mol. The van der Waals surface area contributed by atoms with Gasteiger partial charge in [-0.1, -0.05) is 13.0 Å². The first-order chi connectivity index (χ1) is 6.79. The molecule has 0 spiro atoms. The summed E-state index contributed by atoms with van der Waals surface area (Å²) in [4.78, 5) is 4.24. The Morgan fingerprint density at radius 1 is 1.50 bits per heavy atom. The van der Waals surface area contributed by atoms with E-state index in [1.165, 1.54) is 11.1 Å². The van der Waals surface area contributed by atoms with Crippen LogP contribution < -0.4 is 11.1 Å². The molecule has 1 aromatic rings. The average molecular weight is 191 g/mol. The second-order valence-corrected chi connectivity index (χ2v) is 3.88. The molecule has 0 aromatic carbocycles. The van der Waals surface area contributed by atoms with Crippen molar-refractivity contribution >= 4 is 0 Å². The van der Waals surface area contributed by atoms with Crippen LogP contribution in [-0.2, 0) is 6.42 Å². The summed E-state index contributed by atoms with van der Waals surface area (Å²) < 4.78 is 0. The van der Waals surface area contributed by atoms with Crippen molar-refractivity contribution in [3.05, 3.63) is 29.6 Å². The van der Waals surface area contributed by atoms with Crippen LogP contribution in [0, 0.1) is 0 Å². The predicted molar refractivity (Wildman–Crippen MR) is 56.7 cm³/mol. The normalized spacial score (nSPS) is 26.7. The molecule has 76 valence electrons. The maximum absolute atomic E-state index is 5.80. The van der Waals surface area contributed by atoms with Crippen LogP contribution >= 0.6 is 0 Å². The van der Waals surface area contributed by atoms with E-state index >= 15 is 0 Å². The molecular weight excluding hydrogens is 174 g/mol. The lowest BCUT2D eigenvalue weighted by Crippen LogP contribution is -2.32. The minimum Gasteiger partial charge on any atom is -0.316 e. The molecule has 2 unspecified atom stereocenters. The van der Waals surface area contributed by atoms with Crippen LogP contribution in [0.4, 0.5) is 0 Å². The van der Waals surface area contributed by atoms with Gasteiger partial charge in [-0.25, -0.2) is 0 Å². The van der Waals surface area contributed by atoms with Crippen LogP contribution in [0.3, 0.4) is 0 Å². The van der Waals surface area contributed by atoms with E-state index in [2.05, 4.69) is 23.3 Å². The molecule has 1 aromatic heterocycles. The van der Waals surface area contributed by atoms with Gasteiger partial charge in [0, 0.05) is 18.4 Å². The van der Waals surface area contributed by atoms with Gasteiger partial charge < -0.3 is 5.73 Å². The van der Waals surface area contributed by atoms with Crippen molar-refractivity contribution in [2.45, 2.75) is 38.4 Å². The number of hydrogen-bond donors (Lipinski definition) is 2. The van der Waals surface area contributed by atoms with E-state index in [4.69, 9.17) is 5.73 Å². The summed E-state index contributed by atoms with van der Waals surface area (Å²) in [7, 11) is 0. The fourth-order valence-corrected chi connectivity index (χ4v) is 1.93. The molecule has 3 nitrogen and oxygen atoms in total. The number of pyridine rings is 1. The van der Waals surface area contributed by atoms with E-state index in [0.717, 1.165) is 19.3 Å². The van der Waals surface area contributed by atoms with Gasteiger partial charge in [-0.3, -0.25) is 10.3 Å². The molecule has 14 heavy (non-hydrogen) atoms. The summed E-state index contributed by atoms with van der Waals surface area (Å²) in [6.07, 6.45) is 7.24. The molecule has 2 atom stereocenters. The van der Waals surface area contributed by atoms with E-state index in [1.54, 1.807) is 0 Å². The molecule has 1 aliphatic heterocycles. The van der Waals surface area contributed by atoms with Crippen LogP contribution in [0.25, 0.3) is 0 Å². The number of nitrogens with zero attached hydrogens (tertiary/aromatic N) is 1. The molecule has 0 bridgehead atoms. The molecule has 0 saturated carbocycles. The van der Waals surface area contributed by atoms with E-state index < -0.39 is 0 Å². The third-order valence-electron chi connectivity index (χ3n) is 2.81. The zero-order valence-corrected chi connectivity index (χ0v) is 8.53. The number of aryl methyl sites for hydroxylation is 1. The van der Waals surface area contributed by atoms with Crippen LogP contribution in [-0.4, -0.2) is 11.1 Å². The summed E-state index contributed by atoms with van der Waals surface area (Å²) in [5, 5.41) is 3.36. The quantitative estimate of drug-likeness (QED) is 0.742. The summed E-state index contributed by atoms with van der Waals surface area (Å²) >= 11 is 0. The lowest BCUT2D eigenvalue weighted by Gasteiger charge is -2.12. The SMILES string of the molecule is CCc1cncc(C2CCC(N)N2)c1. The van der Waals surface area contributed by atoms with E-state index in [9.17, 15) is 0 Å². The summed E-state index contributed by atoms with van der Waals surface area (Å²) in [5.74, 6) is 0. The molecule has 1 saturated heterocycles. The van der Waals surface area contributed by atoms with Crippen LogP contribution in [0.2, 0.25) is 0 Å². The van der Waals surface area contributed by atoms with Crippen molar-refractivity contribution in [1.82, 2.24) is 10.3 Å². The molecule has 3 heteroatoms. The van der Waals surface area contributed by atoms with Gasteiger partial charge in [-0.15, -0.1) is 0 Å². The van der Waals surface area contributed by atoms with Crippen molar-refractivity contribution < 1.29 is 0 Å². The zero-order valence-electron chi connectivity index (χ0n) is 8.53. The van der Waals surface area contributed by atoms with Gasteiger partial charge in [0.05, 0.1) is 6.17 Å². The number of rotatable bonds is 2. The third-order valence-corrected chi connectivity index (χ3v) is 2.81. The smallest absolute Gasteiger partial charge is 0.0551 e. The Bertz CT molecular complexity index is 311. The zero-order chi connectivity index (χ0) is 9.97. The molecule has 2 rings (SSSR count). The predicted octanol–water partition coefficient (Wildman–Crippen LogP) is 1.35. The highest BCUT2D eigenvalue weighted by Gasteiger charge is 2.22. The lowest BCUT2D eigenvalue weighted by atomic mass is 10.1. The van der Waals surface area contributed by atoms with Crippen LogP contribution in [0.15, 0.2) is 18.5 Å². The van der Waals surface area contributed by atoms with E-state index in [1.807, 2.05) is 12.4 Å². The maximum Gasteiger partial charge on any atom is 0.0551 e. The highest BCUT2D eigenvalue weighted by atomic mass is 15.1. The van der Waals surface area contributed by atoms with Gasteiger partial charge in [-0.05, 0) is 30.4 Å². The Morgan fingerprint density at radius 2 is 2.36 bits per heavy atom. The van der Waals surface area contributed by atoms with Gasteiger partial charge in [0.1, 0.15) is 0 Å². The minimum atomic E-state index is 0.158. The van der Waals surface area contributed by atoms with Gasteiger partial charge in [0.15, 0.2) is 0 Å². The van der Waals surface area contributed by atoms with Crippen molar-refractivity contribution in [3.8, 4) is 0 Å². The lowest BCUT2D eigenvalue weighted by molar-refractivity contribution is 0.567. The first-order valence-electron chi connectivity index (χ1n) is 5.25. The molecule has 1 fully saturated rings. The van der Waals surface area contributed by atoms with Crippen LogP contribution in [0.1, 0.15) is 36.9 Å². The topological polar surface area (TPSA) is 50.9 Å². The summed E-state index contributed by atoms with van der Waals surface area (Å²) in [6.45, 7) is 2.15. The highest BCUT2D eigenvalue weighted by molar-refractivity contribution is 5.22. The molecule has 0 radical (unpaired) electrons. The Labute approximate surface area is 84.7 Å². The van der Waals surface area contributed by atoms with Crippen molar-refractivity contribution in [2.75, 3.05) is 0 Å². The second-order valence-electron chi connectivity index (χ2n) is 3.88. The third kappa shape index (κ3) is 1.94. The Kier molecular flexibility index (Phi) is 2.79. The standard InChI is InChI=1S/C11H17N3/c1-2-8-5-9(7-13-6-8)10-3-4-11(12)14-10/h5-7,10-11,14H,2-4,12H2,1H3. The number of hydrogen-bond acceptors (Lipinski definition) is 3. The molecule has 3 N–H and O–H groups in total. The number of nitrogens with two attached hydrogens (primary N) is 1. The van der Waals surface area contributed by atoms with Crippen molar-refractivity contribution in [2.24, 2.45) is 5.73 Å². The van der Waals surface area contributed by atoms with Gasteiger partial charge in [0.25, 0.3) is 0 Å². The Balaban J connectivity index is 2.15. The summed E-state index contributed by atoms with van der Waals surface area (Å²) in [5.41, 5.74) is 8.37. The molecule has 2 heterocycles. The Hall–Kier alpha value is -0.930. The van der Waals surface area contributed by atoms with E-state index in [-0.39, 0.29) is 6.17 Å². The van der Waals surface area contributed by atoms with Crippen LogP contribution in [0.5, 0.6) is 0 Å². The van der Waals surface area contributed by atoms with Gasteiger partial charge in [0.2, 0.25) is 0 Å². The van der Waals surface area contributed by atoms with E-state index in [0.29, 0.717) is 6.04 Å². The fraction of sp³-hybridized carbons (Fsp3) is 0.545. The largest absolute Gasteiger partial charge is 0.316 e. The minimum absolute atomic E-state index is 0.158. The number of aromatic nitrogens is 1. The highest BCUT2D eigenvalue weighted by Crippen LogP contribution is 2.24. The van der Waals surface area contributed by atoms with Gasteiger partial charge in [-0.2, -0.15) is 0 Å². The fourth-order valence-electron chi connectivity index (χ4n) is 1.93. The molecule has 1 aliphatic rings. The number of nitrogens with one attached hydrogen (secondary N) is 1. The molecule has 0 amide bonds. The summed E-state index contributed by atoms with van der Waals surface area (Å²) in [6, 6.07) is 2.63. The van der Waals surface area contributed by atoms with Crippen molar-refractivity contribution in [1.29, 1.82) is 0 Å². The van der Waals surface area contributed by atoms with Gasteiger partial charge >= 0.3 is 0 Å². The molecule has 0 aliphatic carbocycles. The second kappa shape index (κ2) is 4.07. The first kappa shape index (κ1) is 9.62. The molecular formula is C11H17N3. The Morgan fingerprint density at radius 3 is 3.00 bits per heavy atom.